The van der Waals surface area contributed by atoms with Gasteiger partial charge in [0.15, 0.2) is 0 Å². The van der Waals surface area contributed by atoms with Crippen LogP contribution in [-0.2, 0) is 24.3 Å². The third-order valence-electron chi connectivity index (χ3n) is 3.91. The summed E-state index contributed by atoms with van der Waals surface area (Å²) < 4.78 is 31.5. The molecule has 0 spiro atoms. The number of benzene rings is 1. The van der Waals surface area contributed by atoms with Gasteiger partial charge in [0, 0.05) is 25.6 Å². The minimum Gasteiger partial charge on any atom is -0.481 e. The second kappa shape index (κ2) is 9.40. The molecule has 0 aliphatic carbocycles. The normalized spacial score (nSPS) is 15.7. The van der Waals surface area contributed by atoms with Crippen molar-refractivity contribution in [3.8, 4) is 0 Å². The number of sulfonamides is 1. The number of nitrogens with zero attached hydrogens (tertiary/aromatic N) is 3. The van der Waals surface area contributed by atoms with Crippen LogP contribution < -0.4 is 5.43 Å². The molecule has 0 unspecified atom stereocenters. The first kappa shape index (κ1) is 22.2. The SMILES string of the molecule is O=C(O)CC/C(=N\Nc1ccc(S(=O)(=O)N2CCOCC2)cc1[N+](=O)[O-])C(=O)O. The van der Waals surface area contributed by atoms with Gasteiger partial charge in [-0.3, -0.25) is 20.3 Å². The van der Waals surface area contributed by atoms with Crippen molar-refractivity contribution in [3.63, 3.8) is 0 Å². The third kappa shape index (κ3) is 5.69. The fraction of sp³-hybridized carbons (Fsp3) is 0.400. The lowest BCUT2D eigenvalue weighted by Gasteiger charge is -2.26. The molecule has 0 saturated carbocycles. The monoisotopic (exact) mass is 430 g/mol. The standard InChI is InChI=1S/C15H18N4O9S/c20-14(21)4-3-12(15(22)23)17-16-11-2-1-10(9-13(11)19(24)25)29(26,27)18-5-7-28-8-6-18/h1-2,9,16H,3-8H2,(H,20,21)(H,22,23)/b17-12+. The number of carboxylic acid groups (broad SMARTS) is 2. The average molecular weight is 430 g/mol. The molecule has 1 saturated heterocycles. The molecule has 0 radical (unpaired) electrons. The molecular formula is C15H18N4O9S. The molecule has 0 atom stereocenters. The number of carboxylic acids is 2. The second-order valence-corrected chi connectivity index (χ2v) is 7.76. The number of morpholine rings is 1. The van der Waals surface area contributed by atoms with Gasteiger partial charge in [-0.25, -0.2) is 13.2 Å². The maximum Gasteiger partial charge on any atom is 0.352 e. The lowest BCUT2D eigenvalue weighted by atomic mass is 10.2. The number of nitrogens with one attached hydrogen (secondary N) is 1. The number of hydrogen-bond acceptors (Lipinski definition) is 9. The van der Waals surface area contributed by atoms with Crippen LogP contribution in [0.2, 0.25) is 0 Å². The van der Waals surface area contributed by atoms with Crippen LogP contribution in [0.5, 0.6) is 0 Å². The van der Waals surface area contributed by atoms with Gasteiger partial charge in [0.1, 0.15) is 11.4 Å². The summed E-state index contributed by atoms with van der Waals surface area (Å²) in [6, 6.07) is 3.07. The highest BCUT2D eigenvalue weighted by Gasteiger charge is 2.29. The van der Waals surface area contributed by atoms with E-state index in [0.717, 1.165) is 22.5 Å². The smallest absolute Gasteiger partial charge is 0.352 e. The average Bonchev–Trinajstić information content (AvgIpc) is 2.68. The van der Waals surface area contributed by atoms with E-state index in [1.165, 1.54) is 0 Å². The fourth-order valence-electron chi connectivity index (χ4n) is 2.42. The van der Waals surface area contributed by atoms with Crippen molar-refractivity contribution in [3.05, 3.63) is 28.3 Å². The quantitative estimate of drug-likeness (QED) is 0.280. The predicted molar refractivity (Wildman–Crippen MR) is 98.2 cm³/mol. The Morgan fingerprint density at radius 3 is 2.45 bits per heavy atom. The molecule has 1 aromatic rings. The molecule has 158 valence electrons. The number of rotatable bonds is 9. The molecule has 29 heavy (non-hydrogen) atoms. The van der Waals surface area contributed by atoms with Crippen LogP contribution in [0.4, 0.5) is 11.4 Å². The lowest BCUT2D eigenvalue weighted by molar-refractivity contribution is -0.384. The van der Waals surface area contributed by atoms with Gasteiger partial charge >= 0.3 is 11.9 Å². The van der Waals surface area contributed by atoms with Crippen LogP contribution in [0.25, 0.3) is 0 Å². The first-order valence-corrected chi connectivity index (χ1v) is 9.71. The van der Waals surface area contributed by atoms with Crippen LogP contribution in [-0.4, -0.2) is 71.8 Å². The van der Waals surface area contributed by atoms with E-state index >= 15 is 0 Å². The lowest BCUT2D eigenvalue weighted by Crippen LogP contribution is -2.40. The molecule has 0 bridgehead atoms. The number of hydrogen-bond donors (Lipinski definition) is 3. The first-order chi connectivity index (χ1) is 13.6. The Balaban J connectivity index is 2.32. The zero-order valence-electron chi connectivity index (χ0n) is 15.0. The summed E-state index contributed by atoms with van der Waals surface area (Å²) in [5.41, 5.74) is 0.774. The molecule has 14 heteroatoms. The Morgan fingerprint density at radius 2 is 1.90 bits per heavy atom. The van der Waals surface area contributed by atoms with E-state index in [9.17, 15) is 28.1 Å². The molecule has 13 nitrogen and oxygen atoms in total. The predicted octanol–water partition coefficient (Wildman–Crippen LogP) is 0.333. The minimum absolute atomic E-state index is 0.117. The number of nitro benzene ring substituents is 1. The van der Waals surface area contributed by atoms with E-state index in [1.54, 1.807) is 0 Å². The highest BCUT2D eigenvalue weighted by Crippen LogP contribution is 2.29. The second-order valence-electron chi connectivity index (χ2n) is 5.82. The zero-order chi connectivity index (χ0) is 21.6. The van der Waals surface area contributed by atoms with Crippen LogP contribution in [0, 0.1) is 10.1 Å². The summed E-state index contributed by atoms with van der Waals surface area (Å²) in [4.78, 5) is 31.9. The first-order valence-electron chi connectivity index (χ1n) is 8.27. The van der Waals surface area contributed by atoms with Crippen LogP contribution >= 0.6 is 0 Å². The molecular weight excluding hydrogens is 412 g/mol. The summed E-state index contributed by atoms with van der Waals surface area (Å²) in [6.07, 6.45) is -0.902. The summed E-state index contributed by atoms with van der Waals surface area (Å²) in [5.74, 6) is -2.73. The molecule has 0 amide bonds. The van der Waals surface area contributed by atoms with Gasteiger partial charge in [-0.1, -0.05) is 0 Å². The van der Waals surface area contributed by atoms with E-state index in [-0.39, 0.29) is 36.9 Å². The number of hydrazone groups is 1. The van der Waals surface area contributed by atoms with E-state index in [4.69, 9.17) is 14.9 Å². The van der Waals surface area contributed by atoms with Crippen LogP contribution in [0.3, 0.4) is 0 Å². The van der Waals surface area contributed by atoms with Gasteiger partial charge in [-0.2, -0.15) is 9.41 Å². The topological polar surface area (TPSA) is 189 Å². The van der Waals surface area contributed by atoms with Crippen molar-refractivity contribution < 1.29 is 37.9 Å². The molecule has 0 aromatic heterocycles. The Kier molecular flexibility index (Phi) is 7.19. The number of nitro groups is 1. The van der Waals surface area contributed by atoms with Gasteiger partial charge in [0.05, 0.1) is 29.5 Å². The van der Waals surface area contributed by atoms with Gasteiger partial charge in [-0.15, -0.1) is 0 Å². The zero-order valence-corrected chi connectivity index (χ0v) is 15.8. The highest BCUT2D eigenvalue weighted by molar-refractivity contribution is 7.89. The number of carbonyl (C=O) groups is 2. The maximum absolute atomic E-state index is 12.6. The summed E-state index contributed by atoms with van der Waals surface area (Å²) in [5, 5.41) is 32.6. The summed E-state index contributed by atoms with van der Waals surface area (Å²) in [7, 11) is -3.97. The Labute approximate surface area is 164 Å². The fourth-order valence-corrected chi connectivity index (χ4v) is 3.85. The van der Waals surface area contributed by atoms with Gasteiger partial charge in [0.2, 0.25) is 10.0 Å². The molecule has 1 aromatic carbocycles. The van der Waals surface area contributed by atoms with Crippen molar-refractivity contribution in [2.24, 2.45) is 5.10 Å². The molecule has 1 aliphatic heterocycles. The summed E-state index contributed by atoms with van der Waals surface area (Å²) >= 11 is 0. The van der Waals surface area contributed by atoms with Gasteiger partial charge in [0.25, 0.3) is 5.69 Å². The molecule has 1 aliphatic rings. The Morgan fingerprint density at radius 1 is 1.24 bits per heavy atom. The van der Waals surface area contributed by atoms with Crippen molar-refractivity contribution in [2.75, 3.05) is 31.7 Å². The number of anilines is 1. The van der Waals surface area contributed by atoms with E-state index in [2.05, 4.69) is 10.5 Å². The van der Waals surface area contributed by atoms with Gasteiger partial charge < -0.3 is 14.9 Å². The Bertz CT molecular complexity index is 939. The van der Waals surface area contributed by atoms with E-state index in [0.29, 0.717) is 0 Å². The van der Waals surface area contributed by atoms with Crippen LogP contribution in [0.15, 0.2) is 28.2 Å². The van der Waals surface area contributed by atoms with Crippen molar-refractivity contribution in [1.82, 2.24) is 4.31 Å². The molecule has 1 fully saturated rings. The Hall–Kier alpha value is -3.10. The van der Waals surface area contributed by atoms with E-state index in [1.807, 2.05) is 0 Å². The number of aliphatic carboxylic acids is 2. The van der Waals surface area contributed by atoms with Crippen molar-refractivity contribution >= 4 is 39.0 Å². The largest absolute Gasteiger partial charge is 0.481 e. The molecule has 3 N–H and O–H groups in total. The molecule has 1 heterocycles. The maximum atomic E-state index is 12.6. The van der Waals surface area contributed by atoms with Crippen molar-refractivity contribution in [1.29, 1.82) is 0 Å². The van der Waals surface area contributed by atoms with E-state index < -0.39 is 51.1 Å². The van der Waals surface area contributed by atoms with Gasteiger partial charge in [-0.05, 0) is 12.1 Å². The third-order valence-corrected chi connectivity index (χ3v) is 5.80. The summed E-state index contributed by atoms with van der Waals surface area (Å²) in [6.45, 7) is 0.659. The highest BCUT2D eigenvalue weighted by atomic mass is 32.2. The molecule has 2 rings (SSSR count). The number of ether oxygens (including phenoxy) is 1. The van der Waals surface area contributed by atoms with Crippen molar-refractivity contribution in [2.45, 2.75) is 17.7 Å². The van der Waals surface area contributed by atoms with Crippen LogP contribution in [0.1, 0.15) is 12.8 Å². The minimum atomic E-state index is -3.97.